The second-order valence-electron chi connectivity index (χ2n) is 6.42. The first-order chi connectivity index (χ1) is 14.4. The molecular formula is C22H20FN3O3S. The molecule has 1 N–H and O–H groups in total. The zero-order valence-electron chi connectivity index (χ0n) is 16.0. The van der Waals surface area contributed by atoms with Crippen molar-refractivity contribution >= 4 is 22.1 Å². The standard InChI is InChI=1S/C22H20FN3O3S/c23-20-13-11-19(12-14-20)16-26(30(28,29)21-9-5-2-6-10-21)17-22(27)25-24-15-18-7-3-1-4-8-18/h1-15H,16-17H2,(H,25,27)/b24-15-. The lowest BCUT2D eigenvalue weighted by Crippen LogP contribution is -2.39. The molecule has 6 nitrogen and oxygen atoms in total. The second-order valence-corrected chi connectivity index (χ2v) is 8.35. The van der Waals surface area contributed by atoms with E-state index >= 15 is 0 Å². The first-order valence-corrected chi connectivity index (χ1v) is 10.6. The summed E-state index contributed by atoms with van der Waals surface area (Å²) in [6, 6.07) is 22.4. The van der Waals surface area contributed by atoms with E-state index in [0.717, 1.165) is 9.87 Å². The molecule has 8 heteroatoms. The van der Waals surface area contributed by atoms with E-state index in [1.165, 1.54) is 42.6 Å². The topological polar surface area (TPSA) is 78.8 Å². The molecule has 30 heavy (non-hydrogen) atoms. The predicted octanol–water partition coefficient (Wildman–Crippen LogP) is 3.17. The lowest BCUT2D eigenvalue weighted by molar-refractivity contribution is -0.121. The molecule has 0 heterocycles. The Morgan fingerprint density at radius 3 is 2.17 bits per heavy atom. The average molecular weight is 425 g/mol. The third kappa shape index (κ3) is 5.82. The van der Waals surface area contributed by atoms with Gasteiger partial charge in [0.2, 0.25) is 10.0 Å². The van der Waals surface area contributed by atoms with E-state index in [-0.39, 0.29) is 11.4 Å². The third-order valence-corrected chi connectivity index (χ3v) is 5.98. The van der Waals surface area contributed by atoms with Crippen LogP contribution in [0.5, 0.6) is 0 Å². The molecule has 0 radical (unpaired) electrons. The Kier molecular flexibility index (Phi) is 7.05. The number of hydrogen-bond donors (Lipinski definition) is 1. The number of hydrogen-bond acceptors (Lipinski definition) is 4. The Morgan fingerprint density at radius 1 is 0.933 bits per heavy atom. The lowest BCUT2D eigenvalue weighted by atomic mass is 10.2. The van der Waals surface area contributed by atoms with Gasteiger partial charge in [-0.3, -0.25) is 4.79 Å². The summed E-state index contributed by atoms with van der Waals surface area (Å²) in [5.74, 6) is -1.02. The Balaban J connectivity index is 1.77. The van der Waals surface area contributed by atoms with Crippen molar-refractivity contribution in [1.29, 1.82) is 0 Å². The Hall–Kier alpha value is -3.36. The highest BCUT2D eigenvalue weighted by Crippen LogP contribution is 2.18. The smallest absolute Gasteiger partial charge is 0.255 e. The number of rotatable bonds is 8. The van der Waals surface area contributed by atoms with Crippen molar-refractivity contribution in [3.63, 3.8) is 0 Å². The Morgan fingerprint density at radius 2 is 1.53 bits per heavy atom. The van der Waals surface area contributed by atoms with Gasteiger partial charge in [0.25, 0.3) is 5.91 Å². The van der Waals surface area contributed by atoms with Crippen molar-refractivity contribution in [1.82, 2.24) is 9.73 Å². The highest BCUT2D eigenvalue weighted by molar-refractivity contribution is 7.89. The SMILES string of the molecule is O=C(CN(Cc1ccc(F)cc1)S(=O)(=O)c1ccccc1)N/N=C\c1ccccc1. The van der Waals surface area contributed by atoms with Gasteiger partial charge in [-0.2, -0.15) is 9.41 Å². The van der Waals surface area contributed by atoms with Gasteiger partial charge in [-0.15, -0.1) is 0 Å². The number of halogens is 1. The van der Waals surface area contributed by atoms with E-state index in [9.17, 15) is 17.6 Å². The fourth-order valence-electron chi connectivity index (χ4n) is 2.67. The number of carbonyl (C=O) groups excluding carboxylic acids is 1. The summed E-state index contributed by atoms with van der Waals surface area (Å²) >= 11 is 0. The molecule has 0 fully saturated rings. The summed E-state index contributed by atoms with van der Waals surface area (Å²) in [6.07, 6.45) is 1.47. The number of hydrazone groups is 1. The quantitative estimate of drug-likeness (QED) is 0.445. The van der Waals surface area contributed by atoms with Crippen molar-refractivity contribution < 1.29 is 17.6 Å². The summed E-state index contributed by atoms with van der Waals surface area (Å²) in [4.78, 5) is 12.4. The number of nitrogens with zero attached hydrogens (tertiary/aromatic N) is 2. The minimum absolute atomic E-state index is 0.0627. The number of carbonyl (C=O) groups is 1. The van der Waals surface area contributed by atoms with Gasteiger partial charge in [-0.05, 0) is 35.4 Å². The van der Waals surface area contributed by atoms with Gasteiger partial charge in [0.15, 0.2) is 0 Å². The third-order valence-electron chi connectivity index (χ3n) is 4.18. The van der Waals surface area contributed by atoms with Gasteiger partial charge in [0.1, 0.15) is 5.82 Å². The molecule has 0 aliphatic rings. The van der Waals surface area contributed by atoms with Crippen LogP contribution in [0.2, 0.25) is 0 Å². The molecule has 1 amide bonds. The molecule has 3 rings (SSSR count). The molecule has 0 aromatic heterocycles. The largest absolute Gasteiger partial charge is 0.272 e. The van der Waals surface area contributed by atoms with Gasteiger partial charge in [0, 0.05) is 6.54 Å². The van der Waals surface area contributed by atoms with Gasteiger partial charge >= 0.3 is 0 Å². The highest BCUT2D eigenvalue weighted by Gasteiger charge is 2.26. The first kappa shape index (κ1) is 21.4. The number of sulfonamides is 1. The van der Waals surface area contributed by atoms with Crippen molar-refractivity contribution in [3.8, 4) is 0 Å². The first-order valence-electron chi connectivity index (χ1n) is 9.12. The fourth-order valence-corrected chi connectivity index (χ4v) is 4.08. The molecule has 3 aromatic carbocycles. The van der Waals surface area contributed by atoms with Crippen LogP contribution in [0.1, 0.15) is 11.1 Å². The molecule has 0 saturated carbocycles. The molecular weight excluding hydrogens is 405 g/mol. The van der Waals surface area contributed by atoms with E-state index in [0.29, 0.717) is 5.56 Å². The van der Waals surface area contributed by atoms with Crippen LogP contribution >= 0.6 is 0 Å². The van der Waals surface area contributed by atoms with Crippen LogP contribution in [0, 0.1) is 5.82 Å². The molecule has 154 valence electrons. The van der Waals surface area contributed by atoms with Crippen LogP contribution in [0.15, 0.2) is 94.9 Å². The minimum atomic E-state index is -3.95. The van der Waals surface area contributed by atoms with Crippen LogP contribution in [0.3, 0.4) is 0 Å². The van der Waals surface area contributed by atoms with Crippen LogP contribution in [-0.4, -0.2) is 31.4 Å². The lowest BCUT2D eigenvalue weighted by Gasteiger charge is -2.21. The maximum atomic E-state index is 13.2. The van der Waals surface area contributed by atoms with Crippen molar-refractivity contribution in [2.24, 2.45) is 5.10 Å². The van der Waals surface area contributed by atoms with Crippen LogP contribution in [-0.2, 0) is 21.4 Å². The maximum absolute atomic E-state index is 13.2. The van der Waals surface area contributed by atoms with E-state index < -0.39 is 28.3 Å². The fraction of sp³-hybridized carbons (Fsp3) is 0.0909. The highest BCUT2D eigenvalue weighted by atomic mass is 32.2. The monoisotopic (exact) mass is 425 g/mol. The number of amides is 1. The van der Waals surface area contributed by atoms with Gasteiger partial charge in [-0.1, -0.05) is 60.7 Å². The molecule has 0 bridgehead atoms. The molecule has 0 unspecified atom stereocenters. The van der Waals surface area contributed by atoms with E-state index in [2.05, 4.69) is 10.5 Å². The van der Waals surface area contributed by atoms with E-state index in [1.807, 2.05) is 30.3 Å². The predicted molar refractivity (Wildman–Crippen MR) is 113 cm³/mol. The van der Waals surface area contributed by atoms with Gasteiger partial charge in [0.05, 0.1) is 17.7 Å². The Labute approximate surface area is 174 Å². The van der Waals surface area contributed by atoms with E-state index in [4.69, 9.17) is 0 Å². The number of benzene rings is 3. The molecule has 0 atom stereocenters. The normalized spacial score (nSPS) is 11.7. The average Bonchev–Trinajstić information content (AvgIpc) is 2.76. The van der Waals surface area contributed by atoms with Crippen molar-refractivity contribution in [3.05, 3.63) is 102 Å². The van der Waals surface area contributed by atoms with Gasteiger partial charge in [-0.25, -0.2) is 18.2 Å². The maximum Gasteiger partial charge on any atom is 0.255 e. The zero-order chi connectivity index (χ0) is 21.4. The molecule has 0 saturated heterocycles. The van der Waals surface area contributed by atoms with Crippen LogP contribution < -0.4 is 5.43 Å². The van der Waals surface area contributed by atoms with Gasteiger partial charge < -0.3 is 0 Å². The summed E-state index contributed by atoms with van der Waals surface area (Å²) in [5.41, 5.74) is 3.69. The van der Waals surface area contributed by atoms with E-state index in [1.54, 1.807) is 18.2 Å². The summed E-state index contributed by atoms with van der Waals surface area (Å²) in [6.45, 7) is -0.534. The van der Waals surface area contributed by atoms with Crippen LogP contribution in [0.4, 0.5) is 4.39 Å². The molecule has 0 aliphatic heterocycles. The van der Waals surface area contributed by atoms with Crippen LogP contribution in [0.25, 0.3) is 0 Å². The second kappa shape index (κ2) is 9.91. The Bertz CT molecular complexity index is 1100. The number of nitrogens with one attached hydrogen (secondary N) is 1. The summed E-state index contributed by atoms with van der Waals surface area (Å²) < 4.78 is 40.4. The zero-order valence-corrected chi connectivity index (χ0v) is 16.8. The minimum Gasteiger partial charge on any atom is -0.272 e. The van der Waals surface area contributed by atoms with Crippen molar-refractivity contribution in [2.45, 2.75) is 11.4 Å². The molecule has 0 spiro atoms. The van der Waals surface area contributed by atoms with Crippen molar-refractivity contribution in [2.75, 3.05) is 6.54 Å². The molecule has 0 aliphatic carbocycles. The molecule has 3 aromatic rings. The summed E-state index contributed by atoms with van der Waals surface area (Å²) in [5, 5.41) is 3.87. The summed E-state index contributed by atoms with van der Waals surface area (Å²) in [7, 11) is -3.95.